The first kappa shape index (κ1) is 16.7. The fourth-order valence-electron chi connectivity index (χ4n) is 5.39. The predicted octanol–water partition coefficient (Wildman–Crippen LogP) is 5.01. The van der Waals surface area contributed by atoms with Gasteiger partial charge in [0.05, 0.1) is 12.7 Å². The second kappa shape index (κ2) is 7.17. The third kappa shape index (κ3) is 3.38. The van der Waals surface area contributed by atoms with Crippen LogP contribution in [0.5, 0.6) is 0 Å². The Hall–Kier alpha value is -1.15. The molecule has 0 saturated heterocycles. The number of fused-ring (bicyclic) bond motifs is 1. The van der Waals surface area contributed by atoms with Crippen molar-refractivity contribution in [3.8, 4) is 0 Å². The Balaban J connectivity index is 1.67. The van der Waals surface area contributed by atoms with Crippen LogP contribution in [0.15, 0.2) is 30.3 Å². The zero-order valence-corrected chi connectivity index (χ0v) is 14.5. The summed E-state index contributed by atoms with van der Waals surface area (Å²) in [6.07, 6.45) is 8.50. The normalized spacial score (nSPS) is 34.8. The molecule has 2 fully saturated rings. The molecule has 1 aromatic carbocycles. The Morgan fingerprint density at radius 3 is 2.78 bits per heavy atom. The molecule has 5 atom stereocenters. The van der Waals surface area contributed by atoms with E-state index in [2.05, 4.69) is 44.2 Å². The van der Waals surface area contributed by atoms with Crippen LogP contribution in [0.25, 0.3) is 0 Å². The van der Waals surface area contributed by atoms with E-state index in [4.69, 9.17) is 4.74 Å². The molecule has 5 unspecified atom stereocenters. The second-order valence-electron chi connectivity index (χ2n) is 7.90. The van der Waals surface area contributed by atoms with Crippen molar-refractivity contribution < 1.29 is 9.53 Å². The van der Waals surface area contributed by atoms with Crippen LogP contribution >= 0.6 is 0 Å². The smallest absolute Gasteiger partial charge is 0.120 e. The van der Waals surface area contributed by atoms with Gasteiger partial charge in [-0.05, 0) is 54.4 Å². The van der Waals surface area contributed by atoms with E-state index in [1.165, 1.54) is 37.7 Å². The summed E-state index contributed by atoms with van der Waals surface area (Å²) in [7, 11) is 0. The highest BCUT2D eigenvalue weighted by atomic mass is 16.5. The lowest BCUT2D eigenvalue weighted by atomic mass is 9.61. The summed E-state index contributed by atoms with van der Waals surface area (Å²) in [5.41, 5.74) is 1.63. The maximum atomic E-state index is 10.9. The van der Waals surface area contributed by atoms with Gasteiger partial charge in [0.25, 0.3) is 0 Å². The summed E-state index contributed by atoms with van der Waals surface area (Å²) >= 11 is 0. The van der Waals surface area contributed by atoms with Crippen molar-refractivity contribution in [2.75, 3.05) is 0 Å². The van der Waals surface area contributed by atoms with Gasteiger partial charge in [0.2, 0.25) is 0 Å². The molecule has 2 nitrogen and oxygen atoms in total. The summed E-state index contributed by atoms with van der Waals surface area (Å²) in [6, 6.07) is 10.5. The fourth-order valence-corrected chi connectivity index (χ4v) is 5.39. The second-order valence-corrected chi connectivity index (χ2v) is 7.90. The third-order valence-corrected chi connectivity index (χ3v) is 6.60. The topological polar surface area (TPSA) is 26.3 Å². The lowest BCUT2D eigenvalue weighted by Gasteiger charge is -2.46. The van der Waals surface area contributed by atoms with E-state index in [0.717, 1.165) is 12.9 Å². The average molecular weight is 314 g/mol. The van der Waals surface area contributed by atoms with Crippen LogP contribution in [0.3, 0.4) is 0 Å². The van der Waals surface area contributed by atoms with E-state index < -0.39 is 0 Å². The zero-order valence-electron chi connectivity index (χ0n) is 14.5. The highest BCUT2D eigenvalue weighted by Gasteiger charge is 2.52. The highest BCUT2D eigenvalue weighted by Crippen LogP contribution is 2.58. The minimum absolute atomic E-state index is 0.363. The van der Waals surface area contributed by atoms with Crippen molar-refractivity contribution in [3.63, 3.8) is 0 Å². The van der Waals surface area contributed by atoms with Crippen LogP contribution in [-0.4, -0.2) is 12.4 Å². The Labute approximate surface area is 140 Å². The molecule has 23 heavy (non-hydrogen) atoms. The van der Waals surface area contributed by atoms with Crippen molar-refractivity contribution >= 4 is 6.29 Å². The number of hydrogen-bond acceptors (Lipinski definition) is 2. The van der Waals surface area contributed by atoms with Crippen LogP contribution < -0.4 is 0 Å². The van der Waals surface area contributed by atoms with E-state index >= 15 is 0 Å². The molecule has 2 aliphatic carbocycles. The zero-order chi connectivity index (χ0) is 16.3. The summed E-state index contributed by atoms with van der Waals surface area (Å²) < 4.78 is 6.37. The van der Waals surface area contributed by atoms with Gasteiger partial charge in [-0.15, -0.1) is 0 Å². The third-order valence-electron chi connectivity index (χ3n) is 6.60. The van der Waals surface area contributed by atoms with E-state index in [9.17, 15) is 4.79 Å². The van der Waals surface area contributed by atoms with Crippen molar-refractivity contribution in [2.45, 2.75) is 65.1 Å². The first-order chi connectivity index (χ1) is 11.1. The Bertz CT molecular complexity index is 512. The molecule has 0 radical (unpaired) electrons. The molecule has 2 saturated carbocycles. The maximum Gasteiger partial charge on any atom is 0.120 e. The number of rotatable bonds is 6. The number of carbonyl (C=O) groups excluding carboxylic acids is 1. The predicted molar refractivity (Wildman–Crippen MR) is 93.0 cm³/mol. The highest BCUT2D eigenvalue weighted by molar-refractivity contribution is 5.49. The minimum Gasteiger partial charge on any atom is -0.373 e. The van der Waals surface area contributed by atoms with Crippen LogP contribution in [-0.2, 0) is 16.1 Å². The van der Waals surface area contributed by atoms with Crippen molar-refractivity contribution in [2.24, 2.45) is 23.2 Å². The molecule has 3 rings (SSSR count). The molecular weight excluding hydrogens is 284 g/mol. The van der Waals surface area contributed by atoms with Gasteiger partial charge in [0.1, 0.15) is 6.29 Å². The van der Waals surface area contributed by atoms with Crippen LogP contribution in [0.4, 0.5) is 0 Å². The van der Waals surface area contributed by atoms with Crippen molar-refractivity contribution in [1.82, 2.24) is 0 Å². The van der Waals surface area contributed by atoms with Gasteiger partial charge < -0.3 is 9.53 Å². The summed E-state index contributed by atoms with van der Waals surface area (Å²) in [6.45, 7) is 5.46. The molecule has 0 bridgehead atoms. The number of hydrogen-bond donors (Lipinski definition) is 0. The molecule has 126 valence electrons. The van der Waals surface area contributed by atoms with Crippen molar-refractivity contribution in [3.05, 3.63) is 35.9 Å². The first-order valence-electron chi connectivity index (χ1n) is 9.24. The van der Waals surface area contributed by atoms with Gasteiger partial charge in [-0.25, -0.2) is 0 Å². The number of aldehydes is 1. The molecule has 0 heterocycles. The monoisotopic (exact) mass is 314 g/mol. The molecule has 0 aliphatic heterocycles. The van der Waals surface area contributed by atoms with Crippen molar-refractivity contribution in [1.29, 1.82) is 0 Å². The Kier molecular flexibility index (Phi) is 5.21. The van der Waals surface area contributed by atoms with Gasteiger partial charge in [-0.1, -0.05) is 50.6 Å². The number of ether oxygens (including phenoxy) is 1. The molecular formula is C21H30O2. The Morgan fingerprint density at radius 1 is 1.26 bits per heavy atom. The number of benzene rings is 1. The standard InChI is InChI=1S/C21H30O2/c1-16(12-14-22)18-10-11-19-20(9-6-13-21(18,19)2)23-15-17-7-4-3-5-8-17/h3-5,7-8,14,16,18-20H,6,9-13,15H2,1-2H3. The van der Waals surface area contributed by atoms with Gasteiger partial charge >= 0.3 is 0 Å². The largest absolute Gasteiger partial charge is 0.373 e. The van der Waals surface area contributed by atoms with Crippen LogP contribution in [0.1, 0.15) is 57.9 Å². The molecule has 0 N–H and O–H groups in total. The lowest BCUT2D eigenvalue weighted by Crippen LogP contribution is -2.42. The van der Waals surface area contributed by atoms with E-state index in [0.29, 0.717) is 35.7 Å². The SMILES string of the molecule is CC(CC=O)C1CCC2C(OCc3ccccc3)CCCC12C. The molecule has 2 aliphatic rings. The van der Waals surface area contributed by atoms with E-state index in [1.54, 1.807) is 0 Å². The molecule has 0 spiro atoms. The van der Waals surface area contributed by atoms with Crippen LogP contribution in [0, 0.1) is 23.2 Å². The summed E-state index contributed by atoms with van der Waals surface area (Å²) in [4.78, 5) is 10.9. The average Bonchev–Trinajstić information content (AvgIpc) is 2.91. The number of carbonyl (C=O) groups is 1. The van der Waals surface area contributed by atoms with Gasteiger partial charge in [0, 0.05) is 6.42 Å². The minimum atomic E-state index is 0.363. The first-order valence-corrected chi connectivity index (χ1v) is 9.24. The fraction of sp³-hybridized carbons (Fsp3) is 0.667. The molecule has 0 aromatic heterocycles. The molecule has 0 amide bonds. The summed E-state index contributed by atoms with van der Waals surface area (Å²) in [5, 5.41) is 0. The lowest BCUT2D eigenvalue weighted by molar-refractivity contribution is -0.109. The van der Waals surface area contributed by atoms with E-state index in [1.807, 2.05) is 0 Å². The molecule has 2 heteroatoms. The maximum absolute atomic E-state index is 10.9. The van der Waals surface area contributed by atoms with Gasteiger partial charge in [-0.2, -0.15) is 0 Å². The quantitative estimate of drug-likeness (QED) is 0.690. The van der Waals surface area contributed by atoms with E-state index in [-0.39, 0.29) is 0 Å². The molecule has 1 aromatic rings. The summed E-state index contributed by atoms with van der Waals surface area (Å²) in [5.74, 6) is 1.86. The van der Waals surface area contributed by atoms with Gasteiger partial charge in [0.15, 0.2) is 0 Å². The van der Waals surface area contributed by atoms with Gasteiger partial charge in [-0.3, -0.25) is 0 Å². The van der Waals surface area contributed by atoms with Crippen LogP contribution in [0.2, 0.25) is 0 Å². The Morgan fingerprint density at radius 2 is 2.04 bits per heavy atom.